The number of halogens is 1. The molecule has 3 rings (SSSR count). The van der Waals surface area contributed by atoms with E-state index in [9.17, 15) is 18.8 Å². The highest BCUT2D eigenvalue weighted by Crippen LogP contribution is 2.38. The second-order valence-corrected chi connectivity index (χ2v) is 8.93. The maximum Gasteiger partial charge on any atom is 0.271 e. The highest BCUT2D eigenvalue weighted by Gasteiger charge is 2.42. The van der Waals surface area contributed by atoms with E-state index in [1.807, 2.05) is 20.8 Å². The van der Waals surface area contributed by atoms with Crippen LogP contribution in [0, 0.1) is 5.82 Å². The smallest absolute Gasteiger partial charge is 0.271 e. The molecule has 2 N–H and O–H groups in total. The van der Waals surface area contributed by atoms with Gasteiger partial charge >= 0.3 is 0 Å². The van der Waals surface area contributed by atoms with E-state index in [2.05, 4.69) is 10.6 Å². The van der Waals surface area contributed by atoms with Gasteiger partial charge in [-0.25, -0.2) is 4.39 Å². The minimum Gasteiger partial charge on any atom is -0.476 e. The molecule has 170 valence electrons. The highest BCUT2D eigenvalue weighted by molar-refractivity contribution is 6.08. The Hall–Kier alpha value is -3.42. The average molecular weight is 442 g/mol. The number of amides is 3. The van der Waals surface area contributed by atoms with Crippen molar-refractivity contribution in [2.75, 3.05) is 16.8 Å². The molecule has 32 heavy (non-hydrogen) atoms. The first-order valence-electron chi connectivity index (χ1n) is 10.4. The second kappa shape index (κ2) is 8.61. The van der Waals surface area contributed by atoms with E-state index in [-0.39, 0.29) is 12.5 Å². The fourth-order valence-electron chi connectivity index (χ4n) is 3.21. The fraction of sp³-hybridized carbons (Fsp3) is 0.375. The van der Waals surface area contributed by atoms with Gasteiger partial charge in [-0.3, -0.25) is 19.3 Å². The molecule has 7 nitrogen and oxygen atoms in total. The van der Waals surface area contributed by atoms with Crippen LogP contribution in [0.25, 0.3) is 0 Å². The Morgan fingerprint density at radius 1 is 1.12 bits per heavy atom. The van der Waals surface area contributed by atoms with Crippen molar-refractivity contribution in [1.82, 2.24) is 5.32 Å². The summed E-state index contributed by atoms with van der Waals surface area (Å²) in [7, 11) is 0. The lowest BCUT2D eigenvalue weighted by Crippen LogP contribution is -2.54. The Bertz CT molecular complexity index is 1050. The molecule has 8 heteroatoms. The molecule has 1 aliphatic rings. The number of hydrogen-bond acceptors (Lipinski definition) is 4. The molecule has 0 saturated carbocycles. The third kappa shape index (κ3) is 5.07. The number of nitrogens with zero attached hydrogens (tertiary/aromatic N) is 1. The Labute approximate surface area is 186 Å². The van der Waals surface area contributed by atoms with Gasteiger partial charge in [0.2, 0.25) is 5.91 Å². The molecular weight excluding hydrogens is 413 g/mol. The lowest BCUT2D eigenvalue weighted by atomic mass is 10.00. The summed E-state index contributed by atoms with van der Waals surface area (Å²) in [6.45, 7) is 8.76. The Kier molecular flexibility index (Phi) is 6.25. The van der Waals surface area contributed by atoms with Gasteiger partial charge in [0.1, 0.15) is 18.1 Å². The Balaban J connectivity index is 1.88. The number of fused-ring (bicyclic) bond motifs is 1. The van der Waals surface area contributed by atoms with E-state index in [0.717, 1.165) is 6.42 Å². The molecule has 0 aromatic heterocycles. The summed E-state index contributed by atoms with van der Waals surface area (Å²) in [6.07, 6.45) is 0.745. The van der Waals surface area contributed by atoms with E-state index >= 15 is 0 Å². The summed E-state index contributed by atoms with van der Waals surface area (Å²) in [5.74, 6) is -1.18. The molecule has 2 aromatic rings. The number of carbonyl (C=O) groups excluding carboxylic acids is 3. The standard InChI is InChI=1S/C24H28FN3O4/c1-6-23(2,3)27-21(30)15-7-12-19-18(13-15)28(22(31)24(4,5)32-19)14-20(29)26-17-10-8-16(25)9-11-17/h7-13H,6,14H2,1-5H3,(H,26,29)(H,27,30). The predicted octanol–water partition coefficient (Wildman–Crippen LogP) is 3.89. The molecule has 1 aliphatic heterocycles. The lowest BCUT2D eigenvalue weighted by Gasteiger charge is -2.38. The monoisotopic (exact) mass is 441 g/mol. The summed E-state index contributed by atoms with van der Waals surface area (Å²) in [5.41, 5.74) is -0.477. The van der Waals surface area contributed by atoms with Crippen LogP contribution in [0.4, 0.5) is 15.8 Å². The second-order valence-electron chi connectivity index (χ2n) is 8.93. The summed E-state index contributed by atoms with van der Waals surface area (Å²) in [5, 5.41) is 5.61. The molecular formula is C24H28FN3O4. The first-order chi connectivity index (χ1) is 14.9. The van der Waals surface area contributed by atoms with Crippen molar-refractivity contribution in [2.24, 2.45) is 0 Å². The van der Waals surface area contributed by atoms with E-state index < -0.39 is 28.8 Å². The molecule has 0 bridgehead atoms. The molecule has 0 spiro atoms. The Morgan fingerprint density at radius 3 is 2.41 bits per heavy atom. The van der Waals surface area contributed by atoms with Gasteiger partial charge in [0.05, 0.1) is 5.69 Å². The van der Waals surface area contributed by atoms with Gasteiger partial charge in [-0.1, -0.05) is 6.92 Å². The normalized spacial score (nSPS) is 14.9. The zero-order chi connectivity index (χ0) is 23.7. The highest BCUT2D eigenvalue weighted by atomic mass is 19.1. The maximum atomic E-state index is 13.1. The molecule has 0 fully saturated rings. The van der Waals surface area contributed by atoms with E-state index in [1.165, 1.54) is 29.2 Å². The largest absolute Gasteiger partial charge is 0.476 e. The van der Waals surface area contributed by atoms with Crippen LogP contribution in [0.1, 0.15) is 51.4 Å². The van der Waals surface area contributed by atoms with Crippen molar-refractivity contribution >= 4 is 29.1 Å². The van der Waals surface area contributed by atoms with Crippen LogP contribution in [0.5, 0.6) is 5.75 Å². The Morgan fingerprint density at radius 2 is 1.78 bits per heavy atom. The third-order valence-electron chi connectivity index (χ3n) is 5.40. The summed E-state index contributed by atoms with van der Waals surface area (Å²) < 4.78 is 19.0. The van der Waals surface area contributed by atoms with E-state index in [4.69, 9.17) is 4.74 Å². The quantitative estimate of drug-likeness (QED) is 0.712. The molecule has 1 heterocycles. The molecule has 0 aliphatic carbocycles. The summed E-state index contributed by atoms with van der Waals surface area (Å²) in [6, 6.07) is 10.1. The summed E-state index contributed by atoms with van der Waals surface area (Å²) in [4.78, 5) is 39.8. The molecule has 0 radical (unpaired) electrons. The van der Waals surface area contributed by atoms with Crippen molar-refractivity contribution in [1.29, 1.82) is 0 Å². The van der Waals surface area contributed by atoms with Gasteiger partial charge in [0.25, 0.3) is 11.8 Å². The van der Waals surface area contributed by atoms with Crippen LogP contribution in [0.15, 0.2) is 42.5 Å². The van der Waals surface area contributed by atoms with Crippen LogP contribution >= 0.6 is 0 Å². The topological polar surface area (TPSA) is 87.7 Å². The first-order valence-corrected chi connectivity index (χ1v) is 10.4. The fourth-order valence-corrected chi connectivity index (χ4v) is 3.21. The van der Waals surface area contributed by atoms with Crippen LogP contribution in [0.2, 0.25) is 0 Å². The van der Waals surface area contributed by atoms with Gasteiger partial charge in [0, 0.05) is 16.8 Å². The van der Waals surface area contributed by atoms with Crippen molar-refractivity contribution < 1.29 is 23.5 Å². The van der Waals surface area contributed by atoms with Crippen LogP contribution < -0.4 is 20.3 Å². The number of carbonyl (C=O) groups is 3. The summed E-state index contributed by atoms with van der Waals surface area (Å²) >= 11 is 0. The number of hydrogen-bond donors (Lipinski definition) is 2. The predicted molar refractivity (Wildman–Crippen MR) is 120 cm³/mol. The number of ether oxygens (including phenoxy) is 1. The van der Waals surface area contributed by atoms with Gasteiger partial charge < -0.3 is 15.4 Å². The average Bonchev–Trinajstić information content (AvgIpc) is 2.72. The molecule has 3 amide bonds. The molecule has 0 atom stereocenters. The zero-order valence-corrected chi connectivity index (χ0v) is 18.9. The van der Waals surface area contributed by atoms with Gasteiger partial charge in [-0.15, -0.1) is 0 Å². The van der Waals surface area contributed by atoms with Crippen molar-refractivity contribution in [3.8, 4) is 5.75 Å². The molecule has 0 saturated heterocycles. The van der Waals surface area contributed by atoms with Crippen molar-refractivity contribution in [3.63, 3.8) is 0 Å². The van der Waals surface area contributed by atoms with Gasteiger partial charge in [-0.2, -0.15) is 0 Å². The maximum absolute atomic E-state index is 13.1. The van der Waals surface area contributed by atoms with Gasteiger partial charge in [0.15, 0.2) is 5.60 Å². The van der Waals surface area contributed by atoms with Crippen molar-refractivity contribution in [2.45, 2.75) is 52.2 Å². The van der Waals surface area contributed by atoms with E-state index in [1.54, 1.807) is 32.0 Å². The molecule has 2 aromatic carbocycles. The van der Waals surface area contributed by atoms with Crippen LogP contribution in [0.3, 0.4) is 0 Å². The SMILES string of the molecule is CCC(C)(C)NC(=O)c1ccc2c(c1)N(CC(=O)Nc1ccc(F)cc1)C(=O)C(C)(C)O2. The first kappa shape index (κ1) is 23.2. The minimum absolute atomic E-state index is 0.285. The molecule has 0 unspecified atom stereocenters. The number of rotatable bonds is 6. The number of anilines is 2. The number of nitrogens with one attached hydrogen (secondary N) is 2. The lowest BCUT2D eigenvalue weighted by molar-refractivity contribution is -0.133. The third-order valence-corrected chi connectivity index (χ3v) is 5.40. The minimum atomic E-state index is -1.18. The van der Waals surface area contributed by atoms with Crippen molar-refractivity contribution in [3.05, 3.63) is 53.8 Å². The van der Waals surface area contributed by atoms with Crippen LogP contribution in [-0.4, -0.2) is 35.4 Å². The zero-order valence-electron chi connectivity index (χ0n) is 18.9. The van der Waals surface area contributed by atoms with E-state index in [0.29, 0.717) is 22.7 Å². The number of benzene rings is 2. The van der Waals surface area contributed by atoms with Crippen LogP contribution in [-0.2, 0) is 9.59 Å². The van der Waals surface area contributed by atoms with Gasteiger partial charge in [-0.05, 0) is 76.6 Å².